The Morgan fingerprint density at radius 3 is 2.80 bits per heavy atom. The number of methoxy groups -OCH3 is 1. The molecule has 0 unspecified atom stereocenters. The lowest BCUT2D eigenvalue weighted by atomic mass is 10.1. The van der Waals surface area contributed by atoms with Crippen LogP contribution in [0, 0.1) is 25.7 Å². The molecular formula is C21H23N5O4. The van der Waals surface area contributed by atoms with Crippen LogP contribution in [0.1, 0.15) is 32.9 Å². The van der Waals surface area contributed by atoms with Gasteiger partial charge in [-0.25, -0.2) is 4.79 Å². The molecule has 2 aromatic rings. The Kier molecular flexibility index (Phi) is 6.06. The van der Waals surface area contributed by atoms with Gasteiger partial charge in [-0.2, -0.15) is 5.10 Å². The van der Waals surface area contributed by atoms with Gasteiger partial charge in [0.2, 0.25) is 6.41 Å². The largest absolute Gasteiger partial charge is 0.497 e. The monoisotopic (exact) mass is 409 g/mol. The van der Waals surface area contributed by atoms with Gasteiger partial charge in [0.1, 0.15) is 11.8 Å². The maximum absolute atomic E-state index is 12.8. The first-order chi connectivity index (χ1) is 14.3. The summed E-state index contributed by atoms with van der Waals surface area (Å²) in [6, 6.07) is 3.98. The molecule has 9 heteroatoms. The number of aryl methyl sites for hydroxylation is 2. The maximum Gasteiger partial charge on any atom is 0.322 e. The Morgan fingerprint density at radius 2 is 2.17 bits per heavy atom. The normalized spacial score (nSPS) is 13.2. The van der Waals surface area contributed by atoms with Crippen LogP contribution in [0.5, 0.6) is 5.75 Å². The minimum absolute atomic E-state index is 0.160. The third kappa shape index (κ3) is 4.27. The van der Waals surface area contributed by atoms with Gasteiger partial charge >= 0.3 is 6.03 Å². The number of hydrogen-bond acceptors (Lipinski definition) is 5. The molecule has 0 radical (unpaired) electrons. The summed E-state index contributed by atoms with van der Waals surface area (Å²) in [5, 5.41) is 8.99. The summed E-state index contributed by atoms with van der Waals surface area (Å²) < 4.78 is 6.93. The second kappa shape index (κ2) is 8.69. The van der Waals surface area contributed by atoms with E-state index < -0.39 is 12.1 Å². The van der Waals surface area contributed by atoms with Crippen molar-refractivity contribution in [3.8, 4) is 17.6 Å². The first kappa shape index (κ1) is 20.9. The number of urea groups is 1. The average Bonchev–Trinajstić information content (AvgIpc) is 3.15. The highest BCUT2D eigenvalue weighted by molar-refractivity contribution is 5.98. The number of aromatic nitrogens is 2. The van der Waals surface area contributed by atoms with Crippen LogP contribution in [-0.4, -0.2) is 52.7 Å². The molecule has 0 saturated carbocycles. The number of nitrogens with zero attached hydrogens (tertiary/aromatic N) is 3. The first-order valence-corrected chi connectivity index (χ1v) is 9.32. The highest BCUT2D eigenvalue weighted by Crippen LogP contribution is 2.26. The zero-order valence-electron chi connectivity index (χ0n) is 17.3. The lowest BCUT2D eigenvalue weighted by Crippen LogP contribution is -2.46. The van der Waals surface area contributed by atoms with Crippen molar-refractivity contribution in [2.45, 2.75) is 26.4 Å². The van der Waals surface area contributed by atoms with Crippen molar-refractivity contribution in [3.05, 3.63) is 46.3 Å². The molecule has 2 heterocycles. The zero-order valence-corrected chi connectivity index (χ0v) is 17.3. The molecule has 0 spiro atoms. The summed E-state index contributed by atoms with van der Waals surface area (Å²) in [4.78, 5) is 36.9. The molecule has 4 amide bonds. The predicted octanol–water partition coefficient (Wildman–Crippen LogP) is 0.877. The summed E-state index contributed by atoms with van der Waals surface area (Å²) in [6.45, 7) is 4.32. The fraction of sp³-hybridized carbons (Fsp3) is 0.333. The van der Waals surface area contributed by atoms with Crippen molar-refractivity contribution in [1.82, 2.24) is 25.3 Å². The van der Waals surface area contributed by atoms with Gasteiger partial charge < -0.3 is 15.0 Å². The lowest BCUT2D eigenvalue weighted by molar-refractivity contribution is -0.108. The molecule has 0 aliphatic carbocycles. The second-order valence-electron chi connectivity index (χ2n) is 6.94. The van der Waals surface area contributed by atoms with Crippen molar-refractivity contribution in [3.63, 3.8) is 0 Å². The van der Waals surface area contributed by atoms with E-state index in [4.69, 9.17) is 4.74 Å². The van der Waals surface area contributed by atoms with Gasteiger partial charge in [0, 0.05) is 19.2 Å². The van der Waals surface area contributed by atoms with Crippen molar-refractivity contribution in [1.29, 1.82) is 0 Å². The van der Waals surface area contributed by atoms with E-state index in [-0.39, 0.29) is 12.5 Å². The number of carbonyl (C=O) groups is 3. The van der Waals surface area contributed by atoms with Gasteiger partial charge in [0.15, 0.2) is 0 Å². The van der Waals surface area contributed by atoms with E-state index in [1.165, 1.54) is 0 Å². The van der Waals surface area contributed by atoms with Crippen molar-refractivity contribution in [2.24, 2.45) is 7.05 Å². The van der Waals surface area contributed by atoms with E-state index in [1.54, 1.807) is 28.8 Å². The molecule has 3 rings (SSSR count). The minimum atomic E-state index is -0.691. The van der Waals surface area contributed by atoms with E-state index in [0.29, 0.717) is 24.3 Å². The zero-order chi connectivity index (χ0) is 21.8. The smallest absolute Gasteiger partial charge is 0.322 e. The second-order valence-corrected chi connectivity index (χ2v) is 6.94. The molecule has 156 valence electrons. The molecule has 1 aromatic carbocycles. The molecule has 1 aliphatic rings. The molecule has 30 heavy (non-hydrogen) atoms. The van der Waals surface area contributed by atoms with Gasteiger partial charge in [-0.1, -0.05) is 17.9 Å². The van der Waals surface area contributed by atoms with Gasteiger partial charge in [-0.15, -0.1) is 0 Å². The van der Waals surface area contributed by atoms with Crippen molar-refractivity contribution >= 4 is 18.3 Å². The lowest BCUT2D eigenvalue weighted by Gasteiger charge is -2.21. The predicted molar refractivity (Wildman–Crippen MR) is 109 cm³/mol. The number of hydrogen-bond donors (Lipinski definition) is 2. The Morgan fingerprint density at radius 1 is 1.40 bits per heavy atom. The Labute approximate surface area is 174 Å². The van der Waals surface area contributed by atoms with E-state index in [2.05, 4.69) is 22.3 Å². The summed E-state index contributed by atoms with van der Waals surface area (Å²) in [5.41, 5.74) is 3.88. The standard InChI is InChI=1S/C21H23N5O4/c1-13-18(14(2)25(3)24-13)8-6-16(23-21(29)22-12-27)11-26-10-15-5-7-17(30-4)9-19(15)20(26)28/h5,7,9,12,16H,10-11H2,1-4H3,(H2,22,23,27,29)/t16-/m1/s1. The highest BCUT2D eigenvalue weighted by atomic mass is 16.5. The molecular weight excluding hydrogens is 386 g/mol. The summed E-state index contributed by atoms with van der Waals surface area (Å²) in [5.74, 6) is 6.50. The third-order valence-electron chi connectivity index (χ3n) is 4.97. The summed E-state index contributed by atoms with van der Waals surface area (Å²) in [6.07, 6.45) is 0.290. The molecule has 1 atom stereocenters. The number of benzene rings is 1. The van der Waals surface area contributed by atoms with Crippen LogP contribution in [0.15, 0.2) is 18.2 Å². The van der Waals surface area contributed by atoms with Crippen LogP contribution >= 0.6 is 0 Å². The Hall–Kier alpha value is -3.80. The number of nitrogens with one attached hydrogen (secondary N) is 2. The highest BCUT2D eigenvalue weighted by Gasteiger charge is 2.29. The fourth-order valence-electron chi connectivity index (χ4n) is 3.33. The van der Waals surface area contributed by atoms with Crippen LogP contribution in [0.2, 0.25) is 0 Å². The number of amides is 4. The topological polar surface area (TPSA) is 106 Å². The maximum atomic E-state index is 12.8. The minimum Gasteiger partial charge on any atom is -0.497 e. The third-order valence-corrected chi connectivity index (χ3v) is 4.97. The number of imide groups is 1. The Bertz CT molecular complexity index is 1060. The average molecular weight is 409 g/mol. The van der Waals surface area contributed by atoms with E-state index in [1.807, 2.05) is 32.3 Å². The van der Waals surface area contributed by atoms with Crippen LogP contribution in [0.3, 0.4) is 0 Å². The molecule has 9 nitrogen and oxygen atoms in total. The molecule has 0 bridgehead atoms. The number of ether oxygens (including phenoxy) is 1. The van der Waals surface area contributed by atoms with Gasteiger partial charge in [-0.3, -0.25) is 19.6 Å². The van der Waals surface area contributed by atoms with E-state index in [9.17, 15) is 14.4 Å². The van der Waals surface area contributed by atoms with Crippen LogP contribution in [0.25, 0.3) is 0 Å². The molecule has 2 N–H and O–H groups in total. The van der Waals surface area contributed by atoms with E-state index >= 15 is 0 Å². The summed E-state index contributed by atoms with van der Waals surface area (Å²) in [7, 11) is 3.37. The molecule has 1 aliphatic heterocycles. The van der Waals surface area contributed by atoms with Gasteiger partial charge in [-0.05, 0) is 31.5 Å². The quantitative estimate of drug-likeness (QED) is 0.563. The van der Waals surface area contributed by atoms with Crippen LogP contribution < -0.4 is 15.4 Å². The SMILES string of the molecule is COc1ccc2c(c1)C(=O)N(C[C@@H](C#Cc1c(C)nn(C)c1C)NC(=O)NC=O)C2. The van der Waals surface area contributed by atoms with Crippen molar-refractivity contribution < 1.29 is 19.1 Å². The summed E-state index contributed by atoms with van der Waals surface area (Å²) >= 11 is 0. The van der Waals surface area contributed by atoms with Crippen LogP contribution in [0.4, 0.5) is 4.79 Å². The van der Waals surface area contributed by atoms with Crippen LogP contribution in [-0.2, 0) is 18.4 Å². The number of fused-ring (bicyclic) bond motifs is 1. The number of rotatable bonds is 5. The number of carbonyl (C=O) groups excluding carboxylic acids is 3. The van der Waals surface area contributed by atoms with Gasteiger partial charge in [0.25, 0.3) is 5.91 Å². The van der Waals surface area contributed by atoms with E-state index in [0.717, 1.165) is 22.5 Å². The Balaban J connectivity index is 1.83. The first-order valence-electron chi connectivity index (χ1n) is 9.32. The molecule has 1 aromatic heterocycles. The molecule has 0 saturated heterocycles. The molecule has 0 fully saturated rings. The fourth-order valence-corrected chi connectivity index (χ4v) is 3.33. The van der Waals surface area contributed by atoms with Gasteiger partial charge in [0.05, 0.1) is 30.6 Å². The van der Waals surface area contributed by atoms with Crippen molar-refractivity contribution in [2.75, 3.05) is 13.7 Å².